The lowest BCUT2D eigenvalue weighted by Gasteiger charge is -2.48. The Hall–Kier alpha value is -2.80. The molecule has 3 heterocycles. The van der Waals surface area contributed by atoms with Gasteiger partial charge in [0, 0.05) is 49.2 Å². The van der Waals surface area contributed by atoms with Gasteiger partial charge in [0.05, 0.1) is 6.54 Å². The van der Waals surface area contributed by atoms with E-state index >= 15 is 0 Å². The minimum Gasteiger partial charge on any atom is -0.368 e. The Morgan fingerprint density at radius 3 is 2.45 bits per heavy atom. The summed E-state index contributed by atoms with van der Waals surface area (Å²) in [6.07, 6.45) is 2.24. The molecule has 1 atom stereocenters. The fourth-order valence-corrected chi connectivity index (χ4v) is 4.62. The molecule has 0 saturated carbocycles. The average Bonchev–Trinajstić information content (AvgIpc) is 3.17. The number of rotatable bonds is 4. The summed E-state index contributed by atoms with van der Waals surface area (Å²) in [6.45, 7) is 5.25. The Bertz CT molecular complexity index is 1070. The van der Waals surface area contributed by atoms with Crippen LogP contribution in [0.1, 0.15) is 25.8 Å². The molecule has 2 amide bonds. The van der Waals surface area contributed by atoms with Gasteiger partial charge in [-0.05, 0) is 44.0 Å². The maximum absolute atomic E-state index is 13.7. The summed E-state index contributed by atoms with van der Waals surface area (Å²) >= 11 is 6.02. The summed E-state index contributed by atoms with van der Waals surface area (Å²) in [5.74, 6) is -0.0866. The molecule has 164 valence electrons. The van der Waals surface area contributed by atoms with Gasteiger partial charge >= 0.3 is 0 Å². The van der Waals surface area contributed by atoms with Gasteiger partial charge in [-0.2, -0.15) is 0 Å². The first-order valence-corrected chi connectivity index (χ1v) is 10.9. The van der Waals surface area contributed by atoms with Crippen LogP contribution < -0.4 is 10.5 Å². The van der Waals surface area contributed by atoms with Crippen LogP contribution >= 0.6 is 11.6 Å². The Morgan fingerprint density at radius 1 is 1.10 bits per heavy atom. The lowest BCUT2D eigenvalue weighted by molar-refractivity contribution is -0.166. The molecular weight excluding hydrogens is 416 g/mol. The SMILES string of the molecule is CC(C)N1CC(=O)N(Cc2ccc(Cl)cc2)C2(CCN(c3ccn(C)c(=O)c3)C2)C1=O. The van der Waals surface area contributed by atoms with Crippen LogP contribution in [-0.4, -0.2) is 57.4 Å². The van der Waals surface area contributed by atoms with E-state index in [4.69, 9.17) is 11.6 Å². The molecule has 1 unspecified atom stereocenters. The van der Waals surface area contributed by atoms with Crippen molar-refractivity contribution in [2.45, 2.75) is 38.4 Å². The third kappa shape index (κ3) is 3.82. The fourth-order valence-electron chi connectivity index (χ4n) is 4.50. The topological polar surface area (TPSA) is 65.9 Å². The number of carbonyl (C=O) groups excluding carboxylic acids is 2. The largest absolute Gasteiger partial charge is 0.368 e. The van der Waals surface area contributed by atoms with E-state index in [0.717, 1.165) is 11.3 Å². The molecule has 2 fully saturated rings. The molecule has 31 heavy (non-hydrogen) atoms. The van der Waals surface area contributed by atoms with Crippen LogP contribution in [0.2, 0.25) is 5.02 Å². The minimum atomic E-state index is -0.958. The third-order valence-electron chi connectivity index (χ3n) is 6.36. The number of halogens is 1. The highest BCUT2D eigenvalue weighted by Crippen LogP contribution is 2.37. The van der Waals surface area contributed by atoms with E-state index in [2.05, 4.69) is 0 Å². The second-order valence-corrected chi connectivity index (χ2v) is 9.11. The van der Waals surface area contributed by atoms with Crippen molar-refractivity contribution in [3.63, 3.8) is 0 Å². The van der Waals surface area contributed by atoms with Crippen LogP contribution in [-0.2, 0) is 23.2 Å². The molecule has 0 aliphatic carbocycles. The monoisotopic (exact) mass is 442 g/mol. The Morgan fingerprint density at radius 2 is 1.81 bits per heavy atom. The number of anilines is 1. The first-order chi connectivity index (χ1) is 14.7. The smallest absolute Gasteiger partial charge is 0.252 e. The summed E-state index contributed by atoms with van der Waals surface area (Å²) in [5.41, 5.74) is 0.634. The van der Waals surface area contributed by atoms with Crippen molar-refractivity contribution in [2.75, 3.05) is 24.5 Å². The van der Waals surface area contributed by atoms with Gasteiger partial charge in [-0.25, -0.2) is 0 Å². The molecule has 1 aromatic heterocycles. The average molecular weight is 443 g/mol. The van der Waals surface area contributed by atoms with E-state index < -0.39 is 5.54 Å². The zero-order valence-corrected chi connectivity index (χ0v) is 18.8. The third-order valence-corrected chi connectivity index (χ3v) is 6.61. The zero-order valence-electron chi connectivity index (χ0n) is 18.0. The van der Waals surface area contributed by atoms with Gasteiger partial charge < -0.3 is 19.3 Å². The standard InChI is InChI=1S/C23H27ClN4O3/c1-16(2)27-14-21(30)28(13-17-4-6-18(24)7-5-17)23(22(27)31)9-11-26(15-23)19-8-10-25(3)20(29)12-19/h4-8,10,12,16H,9,11,13-15H2,1-3H3. The summed E-state index contributed by atoms with van der Waals surface area (Å²) in [4.78, 5) is 44.6. The molecule has 7 nitrogen and oxygen atoms in total. The molecule has 2 saturated heterocycles. The number of pyridine rings is 1. The van der Waals surface area contributed by atoms with Crippen molar-refractivity contribution >= 4 is 29.1 Å². The number of aromatic nitrogens is 1. The predicted molar refractivity (Wildman–Crippen MR) is 120 cm³/mol. The van der Waals surface area contributed by atoms with Crippen molar-refractivity contribution in [3.05, 3.63) is 63.5 Å². The van der Waals surface area contributed by atoms with Crippen LogP contribution in [0.5, 0.6) is 0 Å². The highest BCUT2D eigenvalue weighted by atomic mass is 35.5. The van der Waals surface area contributed by atoms with Crippen LogP contribution in [0, 0.1) is 0 Å². The second kappa shape index (κ2) is 8.04. The highest BCUT2D eigenvalue weighted by Gasteiger charge is 2.56. The summed E-state index contributed by atoms with van der Waals surface area (Å²) in [6, 6.07) is 10.7. The molecule has 1 spiro atoms. The van der Waals surface area contributed by atoms with Crippen LogP contribution in [0.3, 0.4) is 0 Å². The van der Waals surface area contributed by atoms with Gasteiger partial charge in [-0.15, -0.1) is 0 Å². The van der Waals surface area contributed by atoms with Crippen molar-refractivity contribution < 1.29 is 9.59 Å². The van der Waals surface area contributed by atoms with E-state index in [1.54, 1.807) is 41.2 Å². The van der Waals surface area contributed by atoms with Gasteiger partial charge in [0.1, 0.15) is 12.1 Å². The van der Waals surface area contributed by atoms with E-state index in [9.17, 15) is 14.4 Å². The predicted octanol–water partition coefficient (Wildman–Crippen LogP) is 2.27. The Balaban J connectivity index is 1.70. The van der Waals surface area contributed by atoms with Crippen molar-refractivity contribution in [3.8, 4) is 0 Å². The molecule has 0 N–H and O–H groups in total. The van der Waals surface area contributed by atoms with E-state index in [1.807, 2.05) is 36.9 Å². The minimum absolute atomic E-state index is 0.0256. The molecule has 0 bridgehead atoms. The molecular formula is C23H27ClN4O3. The van der Waals surface area contributed by atoms with Gasteiger partial charge in [0.15, 0.2) is 0 Å². The van der Waals surface area contributed by atoms with E-state index in [1.165, 1.54) is 4.57 Å². The summed E-state index contributed by atoms with van der Waals surface area (Å²) in [7, 11) is 1.70. The van der Waals surface area contributed by atoms with Gasteiger partial charge in [-0.1, -0.05) is 23.7 Å². The number of piperazine rings is 1. The van der Waals surface area contributed by atoms with E-state index in [0.29, 0.717) is 31.1 Å². The van der Waals surface area contributed by atoms with Gasteiger partial charge in [0.2, 0.25) is 5.91 Å². The highest BCUT2D eigenvalue weighted by molar-refractivity contribution is 6.30. The number of hydrogen-bond donors (Lipinski definition) is 0. The van der Waals surface area contributed by atoms with Crippen molar-refractivity contribution in [1.29, 1.82) is 0 Å². The first-order valence-electron chi connectivity index (χ1n) is 10.5. The Labute approximate surface area is 186 Å². The van der Waals surface area contributed by atoms with Crippen molar-refractivity contribution in [2.24, 2.45) is 7.05 Å². The number of amides is 2. The number of aryl methyl sites for hydroxylation is 1. The zero-order chi connectivity index (χ0) is 22.3. The van der Waals surface area contributed by atoms with E-state index in [-0.39, 0.29) is 30.0 Å². The lowest BCUT2D eigenvalue weighted by atomic mass is 9.89. The van der Waals surface area contributed by atoms with Crippen LogP contribution in [0.15, 0.2) is 47.4 Å². The van der Waals surface area contributed by atoms with Gasteiger partial charge in [-0.3, -0.25) is 14.4 Å². The molecule has 2 aliphatic rings. The Kier molecular flexibility index (Phi) is 5.56. The molecule has 4 rings (SSSR count). The fraction of sp³-hybridized carbons (Fsp3) is 0.435. The molecule has 2 aromatic rings. The van der Waals surface area contributed by atoms with Gasteiger partial charge in [0.25, 0.3) is 11.5 Å². The maximum Gasteiger partial charge on any atom is 0.252 e. The molecule has 0 radical (unpaired) electrons. The van der Waals surface area contributed by atoms with Crippen LogP contribution in [0.25, 0.3) is 0 Å². The summed E-state index contributed by atoms with van der Waals surface area (Å²) in [5, 5.41) is 0.628. The van der Waals surface area contributed by atoms with Crippen molar-refractivity contribution in [1.82, 2.24) is 14.4 Å². The molecule has 1 aromatic carbocycles. The lowest BCUT2D eigenvalue weighted by Crippen LogP contribution is -2.69. The number of nitrogens with zero attached hydrogens (tertiary/aromatic N) is 4. The molecule has 8 heteroatoms. The quantitative estimate of drug-likeness (QED) is 0.728. The summed E-state index contributed by atoms with van der Waals surface area (Å²) < 4.78 is 1.51. The first kappa shape index (κ1) is 21.4. The maximum atomic E-state index is 13.7. The normalized spacial score (nSPS) is 21.6. The van der Waals surface area contributed by atoms with Crippen LogP contribution in [0.4, 0.5) is 5.69 Å². The number of carbonyl (C=O) groups is 2. The second-order valence-electron chi connectivity index (χ2n) is 8.67. The number of benzene rings is 1. The molecule has 2 aliphatic heterocycles. The number of hydrogen-bond acceptors (Lipinski definition) is 4.